The van der Waals surface area contributed by atoms with Gasteiger partial charge in [0.05, 0.1) is 13.2 Å². The molecule has 0 fully saturated rings. The molecule has 0 aliphatic heterocycles. The van der Waals surface area contributed by atoms with Gasteiger partial charge in [-0.15, -0.1) is 4.52 Å². The van der Waals surface area contributed by atoms with Crippen LogP contribution in [0.1, 0.15) is 24.1 Å². The molecule has 104 valence electrons. The first kappa shape index (κ1) is 14.9. The number of nitrogens with one attached hydrogen (secondary N) is 1. The quantitative estimate of drug-likeness (QED) is 0.813. The van der Waals surface area contributed by atoms with Gasteiger partial charge in [0.25, 0.3) is 0 Å². The van der Waals surface area contributed by atoms with E-state index in [2.05, 4.69) is 29.6 Å². The van der Waals surface area contributed by atoms with Crippen LogP contribution in [0, 0.1) is 0 Å². The SMILES string of the molecule is CO[P+](=O)C(C)NC(c1ccccc1)c1ccccc1. The maximum Gasteiger partial charge on any atom is 0.526 e. The Labute approximate surface area is 120 Å². The van der Waals surface area contributed by atoms with Gasteiger partial charge in [-0.1, -0.05) is 60.7 Å². The van der Waals surface area contributed by atoms with Crippen molar-refractivity contribution in [1.82, 2.24) is 5.32 Å². The minimum Gasteiger partial charge on any atom is -0.260 e. The van der Waals surface area contributed by atoms with Crippen LogP contribution in [-0.4, -0.2) is 12.9 Å². The lowest BCUT2D eigenvalue weighted by Crippen LogP contribution is -2.29. The first-order valence-corrected chi connectivity index (χ1v) is 7.83. The first-order chi connectivity index (χ1) is 9.72. The Kier molecular flexibility index (Phi) is 5.42. The van der Waals surface area contributed by atoms with Gasteiger partial charge >= 0.3 is 8.03 Å². The van der Waals surface area contributed by atoms with E-state index in [1.165, 1.54) is 7.11 Å². The second-order valence-corrected chi connectivity index (χ2v) is 6.28. The zero-order valence-electron chi connectivity index (χ0n) is 11.7. The molecule has 0 aromatic heterocycles. The zero-order valence-corrected chi connectivity index (χ0v) is 12.6. The molecule has 0 spiro atoms. The lowest BCUT2D eigenvalue weighted by Gasteiger charge is -2.19. The van der Waals surface area contributed by atoms with Crippen LogP contribution in [0.4, 0.5) is 0 Å². The van der Waals surface area contributed by atoms with Crippen molar-refractivity contribution < 1.29 is 9.09 Å². The third kappa shape index (κ3) is 3.73. The molecule has 2 unspecified atom stereocenters. The summed E-state index contributed by atoms with van der Waals surface area (Å²) in [5.74, 6) is -0.222. The summed E-state index contributed by atoms with van der Waals surface area (Å²) in [5, 5.41) is 3.39. The number of hydrogen-bond acceptors (Lipinski definition) is 3. The van der Waals surface area contributed by atoms with Crippen molar-refractivity contribution >= 4 is 8.03 Å². The predicted octanol–water partition coefficient (Wildman–Crippen LogP) is 4.10. The monoisotopic (exact) mass is 288 g/mol. The van der Waals surface area contributed by atoms with Gasteiger partial charge in [-0.3, -0.25) is 5.32 Å². The van der Waals surface area contributed by atoms with Crippen molar-refractivity contribution in [3.05, 3.63) is 71.8 Å². The number of rotatable bonds is 6. The zero-order chi connectivity index (χ0) is 14.4. The molecule has 0 saturated heterocycles. The molecule has 1 N–H and O–H groups in total. The minimum atomic E-state index is -1.71. The Hall–Kier alpha value is -1.54. The van der Waals surface area contributed by atoms with Crippen molar-refractivity contribution in [3.63, 3.8) is 0 Å². The molecule has 4 heteroatoms. The highest BCUT2D eigenvalue weighted by molar-refractivity contribution is 7.39. The van der Waals surface area contributed by atoms with E-state index < -0.39 is 8.03 Å². The summed E-state index contributed by atoms with van der Waals surface area (Å²) < 4.78 is 16.7. The molecule has 2 aromatic rings. The molecule has 0 heterocycles. The molecule has 2 rings (SSSR count). The number of benzene rings is 2. The van der Waals surface area contributed by atoms with Gasteiger partial charge in [-0.05, 0) is 22.6 Å². The molecule has 20 heavy (non-hydrogen) atoms. The topological polar surface area (TPSA) is 38.3 Å². The van der Waals surface area contributed by atoms with Gasteiger partial charge in [0, 0.05) is 0 Å². The molecule has 2 aromatic carbocycles. The molecule has 0 saturated carbocycles. The summed E-state index contributed by atoms with van der Waals surface area (Å²) >= 11 is 0. The highest BCUT2D eigenvalue weighted by Gasteiger charge is 2.29. The van der Waals surface area contributed by atoms with Gasteiger partial charge < -0.3 is 0 Å². The van der Waals surface area contributed by atoms with E-state index in [1.807, 2.05) is 43.3 Å². The molecule has 0 bridgehead atoms. The molecule has 0 aliphatic carbocycles. The fraction of sp³-hybridized carbons (Fsp3) is 0.250. The van der Waals surface area contributed by atoms with Crippen LogP contribution in [0.3, 0.4) is 0 Å². The summed E-state index contributed by atoms with van der Waals surface area (Å²) in [5.41, 5.74) is 2.29. The second kappa shape index (κ2) is 7.30. The maximum atomic E-state index is 11.8. The van der Waals surface area contributed by atoms with E-state index in [-0.39, 0.29) is 11.8 Å². The maximum absolute atomic E-state index is 11.8. The van der Waals surface area contributed by atoms with Gasteiger partial charge in [0.15, 0.2) is 0 Å². The van der Waals surface area contributed by atoms with E-state index in [1.54, 1.807) is 0 Å². The van der Waals surface area contributed by atoms with E-state index in [4.69, 9.17) is 4.52 Å². The summed E-state index contributed by atoms with van der Waals surface area (Å²) in [6.07, 6.45) is 0. The van der Waals surface area contributed by atoms with Crippen LogP contribution in [0.15, 0.2) is 60.7 Å². The lowest BCUT2D eigenvalue weighted by molar-refractivity contribution is 0.395. The van der Waals surface area contributed by atoms with Gasteiger partial charge in [-0.2, -0.15) is 0 Å². The van der Waals surface area contributed by atoms with E-state index in [9.17, 15) is 4.57 Å². The van der Waals surface area contributed by atoms with Crippen LogP contribution in [-0.2, 0) is 9.09 Å². The summed E-state index contributed by atoms with van der Waals surface area (Å²) in [4.78, 5) is 0. The van der Waals surface area contributed by atoms with Crippen molar-refractivity contribution in [3.8, 4) is 0 Å². The predicted molar refractivity (Wildman–Crippen MR) is 81.9 cm³/mol. The van der Waals surface area contributed by atoms with Crippen LogP contribution in [0.2, 0.25) is 0 Å². The van der Waals surface area contributed by atoms with Crippen molar-refractivity contribution in [1.29, 1.82) is 0 Å². The number of hydrogen-bond donors (Lipinski definition) is 1. The average molecular weight is 288 g/mol. The Bertz CT molecular complexity index is 505. The molecular weight excluding hydrogens is 269 g/mol. The van der Waals surface area contributed by atoms with Crippen LogP contribution < -0.4 is 5.32 Å². The van der Waals surface area contributed by atoms with Crippen molar-refractivity contribution in [2.75, 3.05) is 7.11 Å². The molecule has 0 radical (unpaired) electrons. The lowest BCUT2D eigenvalue weighted by atomic mass is 9.99. The normalized spacial score (nSPS) is 13.2. The van der Waals surface area contributed by atoms with Crippen LogP contribution in [0.25, 0.3) is 0 Å². The molecule has 0 amide bonds. The average Bonchev–Trinajstić information content (AvgIpc) is 2.53. The second-order valence-electron chi connectivity index (χ2n) is 4.56. The van der Waals surface area contributed by atoms with E-state index in [0.29, 0.717) is 0 Å². The van der Waals surface area contributed by atoms with Crippen LogP contribution >= 0.6 is 8.03 Å². The molecular formula is C16H19NO2P+. The highest BCUT2D eigenvalue weighted by atomic mass is 31.1. The largest absolute Gasteiger partial charge is 0.526 e. The molecule has 0 aliphatic rings. The highest BCUT2D eigenvalue weighted by Crippen LogP contribution is 2.30. The summed E-state index contributed by atoms with van der Waals surface area (Å²) in [6.45, 7) is 1.88. The van der Waals surface area contributed by atoms with E-state index >= 15 is 0 Å². The first-order valence-electron chi connectivity index (χ1n) is 6.59. The Morgan fingerprint density at radius 1 is 0.950 bits per heavy atom. The summed E-state index contributed by atoms with van der Waals surface area (Å²) in [6, 6.07) is 20.3. The fourth-order valence-electron chi connectivity index (χ4n) is 2.14. The summed E-state index contributed by atoms with van der Waals surface area (Å²) in [7, 11) is -0.245. The Balaban J connectivity index is 2.28. The van der Waals surface area contributed by atoms with Crippen molar-refractivity contribution in [2.45, 2.75) is 18.7 Å². The smallest absolute Gasteiger partial charge is 0.260 e. The third-order valence-corrected chi connectivity index (χ3v) is 4.31. The fourth-order valence-corrected chi connectivity index (χ4v) is 2.72. The van der Waals surface area contributed by atoms with Crippen LogP contribution in [0.5, 0.6) is 0 Å². The van der Waals surface area contributed by atoms with Crippen molar-refractivity contribution in [2.24, 2.45) is 0 Å². The Morgan fingerprint density at radius 3 is 1.80 bits per heavy atom. The standard InChI is InChI=1S/C16H19NO2P/c1-13(20(18)19-2)17-16(14-9-5-3-6-10-14)15-11-7-4-8-12-15/h3-13,16-17H,1-2H3/q+1. The minimum absolute atomic E-state index is 0.00139. The van der Waals surface area contributed by atoms with Gasteiger partial charge in [-0.25, -0.2) is 0 Å². The molecule has 3 nitrogen and oxygen atoms in total. The van der Waals surface area contributed by atoms with E-state index in [0.717, 1.165) is 11.1 Å². The molecule has 2 atom stereocenters. The van der Waals surface area contributed by atoms with Gasteiger partial charge in [0.2, 0.25) is 5.78 Å². The van der Waals surface area contributed by atoms with Gasteiger partial charge in [0.1, 0.15) is 0 Å². The Morgan fingerprint density at radius 2 is 1.40 bits per heavy atom. The third-order valence-electron chi connectivity index (χ3n) is 3.17.